The van der Waals surface area contributed by atoms with Crippen molar-refractivity contribution in [2.24, 2.45) is 0 Å². The third kappa shape index (κ3) is 5.01. The smallest absolute Gasteiger partial charge is 0.252 e. The molecule has 0 bridgehead atoms. The molecule has 7 nitrogen and oxygen atoms in total. The fourth-order valence-electron chi connectivity index (χ4n) is 3.52. The first-order chi connectivity index (χ1) is 14.4. The van der Waals surface area contributed by atoms with Gasteiger partial charge >= 0.3 is 0 Å². The maximum absolute atomic E-state index is 12.8. The highest BCUT2D eigenvalue weighted by Crippen LogP contribution is 2.24. The van der Waals surface area contributed by atoms with Gasteiger partial charge in [-0.3, -0.25) is 4.79 Å². The molecule has 3 rings (SSSR count). The van der Waals surface area contributed by atoms with Gasteiger partial charge in [0.05, 0.1) is 10.5 Å². The summed E-state index contributed by atoms with van der Waals surface area (Å²) in [4.78, 5) is 19.6. The van der Waals surface area contributed by atoms with Crippen molar-refractivity contribution in [2.75, 3.05) is 31.1 Å². The minimum absolute atomic E-state index is 0.111. The summed E-state index contributed by atoms with van der Waals surface area (Å²) in [5.74, 6) is 0.589. The fraction of sp³-hybridized carbons (Fsp3) is 0.429. The van der Waals surface area contributed by atoms with Gasteiger partial charge in [-0.25, -0.2) is 13.4 Å². The van der Waals surface area contributed by atoms with E-state index >= 15 is 0 Å². The predicted octanol–water partition coefficient (Wildman–Crippen LogP) is 3.40. The first kappa shape index (κ1) is 22.7. The second kappa shape index (κ2) is 9.89. The lowest BCUT2D eigenvalue weighted by Crippen LogP contribution is -2.31. The van der Waals surface area contributed by atoms with Gasteiger partial charge < -0.3 is 10.2 Å². The van der Waals surface area contributed by atoms with Crippen LogP contribution in [0.2, 0.25) is 0 Å². The van der Waals surface area contributed by atoms with Gasteiger partial charge in [-0.05, 0) is 64.7 Å². The Bertz CT molecular complexity index is 1000. The van der Waals surface area contributed by atoms with Crippen molar-refractivity contribution in [2.45, 2.75) is 38.1 Å². The van der Waals surface area contributed by atoms with Crippen LogP contribution in [0, 0.1) is 0 Å². The second-order valence-electron chi connectivity index (χ2n) is 7.13. The Morgan fingerprint density at radius 1 is 1.17 bits per heavy atom. The van der Waals surface area contributed by atoms with Gasteiger partial charge in [-0.15, -0.1) is 0 Å². The molecule has 1 amide bonds. The Morgan fingerprint density at radius 3 is 2.53 bits per heavy atom. The van der Waals surface area contributed by atoms with E-state index in [-0.39, 0.29) is 16.4 Å². The summed E-state index contributed by atoms with van der Waals surface area (Å²) in [6.07, 6.45) is 4.09. The second-order valence-corrected chi connectivity index (χ2v) is 9.92. The van der Waals surface area contributed by atoms with E-state index < -0.39 is 10.0 Å². The van der Waals surface area contributed by atoms with Crippen LogP contribution in [0.15, 0.2) is 45.9 Å². The number of anilines is 1. The Hall–Kier alpha value is -1.97. The van der Waals surface area contributed by atoms with E-state index in [1.165, 1.54) is 29.3 Å². The van der Waals surface area contributed by atoms with Gasteiger partial charge in [0.25, 0.3) is 5.91 Å². The van der Waals surface area contributed by atoms with E-state index in [9.17, 15) is 13.2 Å². The molecule has 1 aliphatic rings. The lowest BCUT2D eigenvalue weighted by atomic mass is 10.2. The molecule has 1 aliphatic heterocycles. The molecule has 1 aromatic carbocycles. The molecule has 0 spiro atoms. The molecular weight excluding hydrogens is 468 g/mol. The molecule has 2 heterocycles. The number of carbonyl (C=O) groups is 1. The zero-order valence-corrected chi connectivity index (χ0v) is 19.7. The number of carbonyl (C=O) groups excluding carboxylic acids is 1. The predicted molar refractivity (Wildman–Crippen MR) is 121 cm³/mol. The van der Waals surface area contributed by atoms with Gasteiger partial charge in [0.1, 0.15) is 5.82 Å². The van der Waals surface area contributed by atoms with Crippen LogP contribution in [0.3, 0.4) is 0 Å². The van der Waals surface area contributed by atoms with E-state index in [0.29, 0.717) is 24.1 Å². The highest BCUT2D eigenvalue weighted by atomic mass is 79.9. The van der Waals surface area contributed by atoms with E-state index in [1.807, 2.05) is 12.1 Å². The van der Waals surface area contributed by atoms with Gasteiger partial charge in [0, 0.05) is 43.4 Å². The van der Waals surface area contributed by atoms with Crippen molar-refractivity contribution in [3.63, 3.8) is 0 Å². The standard InChI is InChI=1S/C21H27BrN4O3S/c1-3-26(4-2)30(28,29)17-7-8-19(22)18(14-17)21(27)24-15-16-9-10-23-20(13-16)25-11-5-6-12-25/h7-10,13-14H,3-6,11-12,15H2,1-2H3,(H,24,27). The number of pyridine rings is 1. The largest absolute Gasteiger partial charge is 0.357 e. The van der Waals surface area contributed by atoms with Crippen molar-refractivity contribution in [3.8, 4) is 0 Å². The summed E-state index contributed by atoms with van der Waals surface area (Å²) in [6, 6.07) is 8.40. The minimum atomic E-state index is -3.64. The quantitative estimate of drug-likeness (QED) is 0.607. The number of benzene rings is 1. The normalized spacial score (nSPS) is 14.3. The van der Waals surface area contributed by atoms with Crippen molar-refractivity contribution in [1.29, 1.82) is 0 Å². The molecule has 162 valence electrons. The van der Waals surface area contributed by atoms with Crippen LogP contribution < -0.4 is 10.2 Å². The number of hydrogen-bond donors (Lipinski definition) is 1. The van der Waals surface area contributed by atoms with Crippen LogP contribution in [0.1, 0.15) is 42.6 Å². The zero-order chi connectivity index (χ0) is 21.7. The molecule has 0 unspecified atom stereocenters. The summed E-state index contributed by atoms with van der Waals surface area (Å²) in [5.41, 5.74) is 1.24. The van der Waals surface area contributed by atoms with Crippen molar-refractivity contribution < 1.29 is 13.2 Å². The van der Waals surface area contributed by atoms with Gasteiger partial charge in [0.15, 0.2) is 0 Å². The van der Waals surface area contributed by atoms with Gasteiger partial charge in [-0.1, -0.05) is 13.8 Å². The molecule has 9 heteroatoms. The maximum atomic E-state index is 12.8. The third-order valence-electron chi connectivity index (χ3n) is 5.22. The maximum Gasteiger partial charge on any atom is 0.252 e. The summed E-state index contributed by atoms with van der Waals surface area (Å²) in [6.45, 7) is 6.67. The molecule has 1 saturated heterocycles. The first-order valence-corrected chi connectivity index (χ1v) is 12.4. The van der Waals surface area contributed by atoms with Crippen molar-refractivity contribution in [3.05, 3.63) is 52.1 Å². The Balaban J connectivity index is 1.75. The summed E-state index contributed by atoms with van der Waals surface area (Å²) in [5, 5.41) is 2.89. The number of sulfonamides is 1. The number of rotatable bonds is 8. The zero-order valence-electron chi connectivity index (χ0n) is 17.3. The van der Waals surface area contributed by atoms with E-state index in [2.05, 4.69) is 31.1 Å². The van der Waals surface area contributed by atoms with E-state index in [1.54, 1.807) is 26.1 Å². The molecule has 2 aromatic rings. The molecule has 0 aliphatic carbocycles. The number of nitrogens with zero attached hydrogens (tertiary/aromatic N) is 3. The molecule has 1 N–H and O–H groups in total. The molecule has 0 atom stereocenters. The Labute approximate surface area is 186 Å². The number of halogens is 1. The van der Waals surface area contributed by atoms with Crippen molar-refractivity contribution in [1.82, 2.24) is 14.6 Å². The number of nitrogens with one attached hydrogen (secondary N) is 1. The summed E-state index contributed by atoms with van der Waals surface area (Å²) >= 11 is 3.37. The highest BCUT2D eigenvalue weighted by molar-refractivity contribution is 9.10. The van der Waals surface area contributed by atoms with E-state index in [0.717, 1.165) is 24.5 Å². The SMILES string of the molecule is CCN(CC)S(=O)(=O)c1ccc(Br)c(C(=O)NCc2ccnc(N3CCCC3)c2)c1. The lowest BCUT2D eigenvalue weighted by Gasteiger charge is -2.19. The molecule has 1 fully saturated rings. The highest BCUT2D eigenvalue weighted by Gasteiger charge is 2.23. The van der Waals surface area contributed by atoms with Crippen LogP contribution in [0.5, 0.6) is 0 Å². The number of amides is 1. The van der Waals surface area contributed by atoms with Crippen LogP contribution in [-0.2, 0) is 16.6 Å². The lowest BCUT2D eigenvalue weighted by molar-refractivity contribution is 0.0950. The Morgan fingerprint density at radius 2 is 1.87 bits per heavy atom. The topological polar surface area (TPSA) is 82.6 Å². The van der Waals surface area contributed by atoms with Gasteiger partial charge in [-0.2, -0.15) is 4.31 Å². The average Bonchev–Trinajstić information content (AvgIpc) is 3.28. The van der Waals surface area contributed by atoms with Crippen LogP contribution in [0.4, 0.5) is 5.82 Å². The van der Waals surface area contributed by atoms with Crippen LogP contribution in [0.25, 0.3) is 0 Å². The van der Waals surface area contributed by atoms with Crippen LogP contribution >= 0.6 is 15.9 Å². The van der Waals surface area contributed by atoms with Gasteiger partial charge in [0.2, 0.25) is 10.0 Å². The number of aromatic nitrogens is 1. The van der Waals surface area contributed by atoms with E-state index in [4.69, 9.17) is 0 Å². The Kier molecular flexibility index (Phi) is 7.49. The van der Waals surface area contributed by atoms with Crippen molar-refractivity contribution >= 4 is 37.7 Å². The number of hydrogen-bond acceptors (Lipinski definition) is 5. The monoisotopic (exact) mass is 494 g/mol. The average molecular weight is 495 g/mol. The summed E-state index contributed by atoms with van der Waals surface area (Å²) in [7, 11) is -3.64. The molecule has 0 saturated carbocycles. The molecular formula is C21H27BrN4O3S. The van der Waals surface area contributed by atoms with Crippen LogP contribution in [-0.4, -0.2) is 49.8 Å². The molecule has 0 radical (unpaired) electrons. The third-order valence-corrected chi connectivity index (χ3v) is 7.96. The minimum Gasteiger partial charge on any atom is -0.357 e. The fourth-order valence-corrected chi connectivity index (χ4v) is 5.43. The molecule has 30 heavy (non-hydrogen) atoms. The first-order valence-electron chi connectivity index (χ1n) is 10.1. The molecule has 1 aromatic heterocycles. The summed E-state index contributed by atoms with van der Waals surface area (Å²) < 4.78 is 27.5.